The Kier molecular flexibility index (Phi) is 3.80. The molecule has 1 amide bonds. The van der Waals surface area contributed by atoms with E-state index >= 15 is 0 Å². The van der Waals surface area contributed by atoms with Gasteiger partial charge in [-0.2, -0.15) is 0 Å². The number of ether oxygens (including phenoxy) is 1. The molecule has 19 heavy (non-hydrogen) atoms. The Morgan fingerprint density at radius 2 is 1.68 bits per heavy atom. The maximum atomic E-state index is 12.8. The second kappa shape index (κ2) is 5.52. The van der Waals surface area contributed by atoms with Crippen molar-refractivity contribution in [1.29, 1.82) is 0 Å². The van der Waals surface area contributed by atoms with Crippen LogP contribution in [0.4, 0.5) is 4.39 Å². The molecule has 0 atom stereocenters. The van der Waals surface area contributed by atoms with E-state index in [-0.39, 0.29) is 11.7 Å². The van der Waals surface area contributed by atoms with E-state index in [4.69, 9.17) is 4.74 Å². The Labute approximate surface area is 111 Å². The zero-order chi connectivity index (χ0) is 13.8. The largest absolute Gasteiger partial charge is 0.457 e. The van der Waals surface area contributed by atoms with Crippen molar-refractivity contribution in [2.45, 2.75) is 0 Å². The fourth-order valence-corrected chi connectivity index (χ4v) is 1.60. The number of hydrogen-bond donors (Lipinski definition) is 0. The Hall–Kier alpha value is -2.36. The zero-order valence-corrected chi connectivity index (χ0v) is 10.8. The number of hydrogen-bond acceptors (Lipinski definition) is 2. The van der Waals surface area contributed by atoms with Crippen molar-refractivity contribution in [3.63, 3.8) is 0 Å². The summed E-state index contributed by atoms with van der Waals surface area (Å²) in [6, 6.07) is 12.6. The number of halogens is 1. The van der Waals surface area contributed by atoms with Gasteiger partial charge in [-0.05, 0) is 36.4 Å². The highest BCUT2D eigenvalue weighted by molar-refractivity contribution is 5.96. The van der Waals surface area contributed by atoms with E-state index in [1.165, 1.54) is 29.2 Å². The van der Waals surface area contributed by atoms with Gasteiger partial charge in [0.05, 0.1) is 5.56 Å². The van der Waals surface area contributed by atoms with Crippen molar-refractivity contribution in [1.82, 2.24) is 4.90 Å². The van der Waals surface area contributed by atoms with Crippen LogP contribution in [0, 0.1) is 5.82 Å². The van der Waals surface area contributed by atoms with Gasteiger partial charge in [-0.3, -0.25) is 4.79 Å². The topological polar surface area (TPSA) is 29.5 Å². The van der Waals surface area contributed by atoms with Crippen molar-refractivity contribution < 1.29 is 13.9 Å². The molecule has 0 aliphatic rings. The third-order valence-electron chi connectivity index (χ3n) is 2.57. The standard InChI is InChI=1S/C15H14FNO2/c1-17(2)15(18)13-5-3-4-6-14(13)19-12-9-7-11(16)8-10-12/h3-10H,1-2H3. The molecule has 0 unspecified atom stereocenters. The number of para-hydroxylation sites is 1. The third-order valence-corrected chi connectivity index (χ3v) is 2.57. The fraction of sp³-hybridized carbons (Fsp3) is 0.133. The summed E-state index contributed by atoms with van der Waals surface area (Å²) in [5, 5.41) is 0. The Morgan fingerprint density at radius 1 is 1.05 bits per heavy atom. The lowest BCUT2D eigenvalue weighted by molar-refractivity contribution is 0.0825. The second-order valence-electron chi connectivity index (χ2n) is 4.25. The summed E-state index contributed by atoms with van der Waals surface area (Å²) in [7, 11) is 3.36. The molecule has 0 aromatic heterocycles. The highest BCUT2D eigenvalue weighted by atomic mass is 19.1. The van der Waals surface area contributed by atoms with Crippen molar-refractivity contribution >= 4 is 5.91 Å². The van der Waals surface area contributed by atoms with Crippen LogP contribution in [0.15, 0.2) is 48.5 Å². The fourth-order valence-electron chi connectivity index (χ4n) is 1.60. The summed E-state index contributed by atoms with van der Waals surface area (Å²) in [4.78, 5) is 13.5. The highest BCUT2D eigenvalue weighted by Crippen LogP contribution is 2.26. The van der Waals surface area contributed by atoms with E-state index in [0.717, 1.165) is 0 Å². The second-order valence-corrected chi connectivity index (χ2v) is 4.25. The molecule has 0 aliphatic heterocycles. The normalized spacial score (nSPS) is 10.1. The van der Waals surface area contributed by atoms with E-state index in [1.54, 1.807) is 38.4 Å². The van der Waals surface area contributed by atoms with Gasteiger partial charge in [0.25, 0.3) is 5.91 Å². The molecule has 98 valence electrons. The number of amides is 1. The summed E-state index contributed by atoms with van der Waals surface area (Å²) in [5.74, 6) is 0.468. The number of nitrogens with zero attached hydrogens (tertiary/aromatic N) is 1. The number of carbonyl (C=O) groups excluding carboxylic acids is 1. The first-order chi connectivity index (χ1) is 9.08. The van der Waals surface area contributed by atoms with Crippen LogP contribution in [0.3, 0.4) is 0 Å². The Balaban J connectivity index is 2.30. The molecule has 2 aromatic rings. The van der Waals surface area contributed by atoms with Crippen molar-refractivity contribution in [3.05, 3.63) is 59.9 Å². The van der Waals surface area contributed by atoms with Crippen LogP contribution in [-0.2, 0) is 0 Å². The molecule has 2 rings (SSSR count). The van der Waals surface area contributed by atoms with E-state index in [9.17, 15) is 9.18 Å². The lowest BCUT2D eigenvalue weighted by Crippen LogP contribution is -2.22. The monoisotopic (exact) mass is 259 g/mol. The molecule has 0 fully saturated rings. The lowest BCUT2D eigenvalue weighted by atomic mass is 10.2. The van der Waals surface area contributed by atoms with Gasteiger partial charge in [0.2, 0.25) is 0 Å². The van der Waals surface area contributed by atoms with Gasteiger partial charge >= 0.3 is 0 Å². The molecule has 3 nitrogen and oxygen atoms in total. The van der Waals surface area contributed by atoms with Gasteiger partial charge in [-0.15, -0.1) is 0 Å². The molecule has 0 bridgehead atoms. The smallest absolute Gasteiger partial charge is 0.257 e. The van der Waals surface area contributed by atoms with Gasteiger partial charge in [0.1, 0.15) is 17.3 Å². The van der Waals surface area contributed by atoms with Gasteiger partial charge in [0.15, 0.2) is 0 Å². The average molecular weight is 259 g/mol. The summed E-state index contributed by atoms with van der Waals surface area (Å²) in [5.41, 5.74) is 0.469. The summed E-state index contributed by atoms with van der Waals surface area (Å²) in [6.45, 7) is 0. The quantitative estimate of drug-likeness (QED) is 0.846. The molecule has 0 heterocycles. The van der Waals surface area contributed by atoms with Gasteiger partial charge < -0.3 is 9.64 Å². The molecule has 0 spiro atoms. The van der Waals surface area contributed by atoms with Gasteiger partial charge in [-0.1, -0.05) is 12.1 Å². The van der Waals surface area contributed by atoms with Crippen molar-refractivity contribution in [3.8, 4) is 11.5 Å². The number of benzene rings is 2. The molecule has 0 aliphatic carbocycles. The average Bonchev–Trinajstić information content (AvgIpc) is 2.41. The van der Waals surface area contributed by atoms with Crippen LogP contribution < -0.4 is 4.74 Å². The minimum absolute atomic E-state index is 0.141. The zero-order valence-electron chi connectivity index (χ0n) is 10.8. The predicted molar refractivity (Wildman–Crippen MR) is 70.9 cm³/mol. The lowest BCUT2D eigenvalue weighted by Gasteiger charge is -2.14. The van der Waals surface area contributed by atoms with Crippen LogP contribution >= 0.6 is 0 Å². The third kappa shape index (κ3) is 3.10. The molecular formula is C15H14FNO2. The molecule has 0 saturated carbocycles. The first-order valence-corrected chi connectivity index (χ1v) is 5.82. The summed E-state index contributed by atoms with van der Waals surface area (Å²) < 4.78 is 18.4. The number of rotatable bonds is 3. The molecule has 4 heteroatoms. The first kappa shape index (κ1) is 13.1. The minimum Gasteiger partial charge on any atom is -0.457 e. The Morgan fingerprint density at radius 3 is 2.32 bits per heavy atom. The molecule has 0 saturated heterocycles. The van der Waals surface area contributed by atoms with E-state index in [1.807, 2.05) is 0 Å². The van der Waals surface area contributed by atoms with Gasteiger partial charge in [-0.25, -0.2) is 4.39 Å². The van der Waals surface area contributed by atoms with E-state index in [2.05, 4.69) is 0 Å². The maximum absolute atomic E-state index is 12.8. The first-order valence-electron chi connectivity index (χ1n) is 5.82. The maximum Gasteiger partial charge on any atom is 0.257 e. The number of carbonyl (C=O) groups is 1. The van der Waals surface area contributed by atoms with Crippen LogP contribution in [-0.4, -0.2) is 24.9 Å². The molecule has 0 radical (unpaired) electrons. The highest BCUT2D eigenvalue weighted by Gasteiger charge is 2.14. The molecule has 0 N–H and O–H groups in total. The van der Waals surface area contributed by atoms with Crippen LogP contribution in [0.5, 0.6) is 11.5 Å². The minimum atomic E-state index is -0.329. The summed E-state index contributed by atoms with van der Waals surface area (Å²) in [6.07, 6.45) is 0. The van der Waals surface area contributed by atoms with Crippen LogP contribution in [0.1, 0.15) is 10.4 Å². The van der Waals surface area contributed by atoms with Crippen LogP contribution in [0.2, 0.25) is 0 Å². The summed E-state index contributed by atoms with van der Waals surface area (Å²) >= 11 is 0. The van der Waals surface area contributed by atoms with E-state index in [0.29, 0.717) is 17.1 Å². The molecule has 2 aromatic carbocycles. The van der Waals surface area contributed by atoms with E-state index < -0.39 is 0 Å². The Bertz CT molecular complexity index is 579. The van der Waals surface area contributed by atoms with Gasteiger partial charge in [0, 0.05) is 14.1 Å². The van der Waals surface area contributed by atoms with Crippen molar-refractivity contribution in [2.24, 2.45) is 0 Å². The van der Waals surface area contributed by atoms with Crippen molar-refractivity contribution in [2.75, 3.05) is 14.1 Å². The van der Waals surface area contributed by atoms with Crippen LogP contribution in [0.25, 0.3) is 0 Å². The molecular weight excluding hydrogens is 245 g/mol. The predicted octanol–water partition coefficient (Wildman–Crippen LogP) is 3.32. The SMILES string of the molecule is CN(C)C(=O)c1ccccc1Oc1ccc(F)cc1.